The van der Waals surface area contributed by atoms with E-state index >= 15 is 0 Å². The summed E-state index contributed by atoms with van der Waals surface area (Å²) in [4.78, 5) is 14.8. The van der Waals surface area contributed by atoms with Crippen LogP contribution in [0.25, 0.3) is 0 Å². The van der Waals surface area contributed by atoms with Gasteiger partial charge < -0.3 is 19.1 Å². The molecule has 2 unspecified atom stereocenters. The third kappa shape index (κ3) is 4.48. The van der Waals surface area contributed by atoms with Gasteiger partial charge in [-0.05, 0) is 43.9 Å². The highest BCUT2D eigenvalue weighted by Gasteiger charge is 2.36. The van der Waals surface area contributed by atoms with Gasteiger partial charge >= 0.3 is 0 Å². The number of hydrogen-bond donors (Lipinski definition) is 0. The maximum absolute atomic E-state index is 12.8. The van der Waals surface area contributed by atoms with Gasteiger partial charge in [-0.25, -0.2) is 0 Å². The molecule has 1 aliphatic heterocycles. The van der Waals surface area contributed by atoms with Crippen LogP contribution >= 0.6 is 0 Å². The Balaban J connectivity index is 1.53. The highest BCUT2D eigenvalue weighted by molar-refractivity contribution is 5.81. The van der Waals surface area contributed by atoms with Crippen molar-refractivity contribution < 1.29 is 19.0 Å². The summed E-state index contributed by atoms with van der Waals surface area (Å²) in [5.41, 5.74) is 1.01. The van der Waals surface area contributed by atoms with E-state index in [1.165, 1.54) is 0 Å². The van der Waals surface area contributed by atoms with Gasteiger partial charge in [0, 0.05) is 25.1 Å². The Hall–Kier alpha value is -1.59. The number of amides is 1. The molecule has 1 aromatic carbocycles. The molecule has 1 aromatic rings. The second kappa shape index (κ2) is 7.99. The zero-order valence-electron chi connectivity index (χ0n) is 14.6. The van der Waals surface area contributed by atoms with Crippen LogP contribution in [0.3, 0.4) is 0 Å². The van der Waals surface area contributed by atoms with Gasteiger partial charge in [-0.1, -0.05) is 12.1 Å². The van der Waals surface area contributed by atoms with E-state index in [4.69, 9.17) is 14.2 Å². The molecule has 5 nitrogen and oxygen atoms in total. The third-order valence-corrected chi connectivity index (χ3v) is 4.73. The highest BCUT2D eigenvalue weighted by atomic mass is 16.5. The molecular formula is C19H27NO4. The van der Waals surface area contributed by atoms with Crippen molar-refractivity contribution in [3.05, 3.63) is 29.8 Å². The van der Waals surface area contributed by atoms with Crippen LogP contribution in [-0.2, 0) is 20.9 Å². The first-order valence-electron chi connectivity index (χ1n) is 8.80. The molecule has 0 N–H and O–H groups in total. The smallest absolute Gasteiger partial charge is 0.251 e. The van der Waals surface area contributed by atoms with Crippen LogP contribution < -0.4 is 4.74 Å². The number of ether oxygens (including phenoxy) is 3. The van der Waals surface area contributed by atoms with Crippen molar-refractivity contribution >= 4 is 5.91 Å². The van der Waals surface area contributed by atoms with Gasteiger partial charge in [0.1, 0.15) is 11.9 Å². The molecule has 0 spiro atoms. The zero-order valence-corrected chi connectivity index (χ0v) is 14.6. The van der Waals surface area contributed by atoms with Crippen molar-refractivity contribution in [2.45, 2.75) is 44.9 Å². The molecule has 2 atom stereocenters. The van der Waals surface area contributed by atoms with E-state index in [1.54, 1.807) is 7.11 Å². The van der Waals surface area contributed by atoms with Gasteiger partial charge in [-0.15, -0.1) is 0 Å². The van der Waals surface area contributed by atoms with E-state index in [1.807, 2.05) is 36.1 Å². The second-order valence-electron chi connectivity index (χ2n) is 6.76. The minimum Gasteiger partial charge on any atom is -0.497 e. The van der Waals surface area contributed by atoms with Crippen LogP contribution in [0.4, 0.5) is 0 Å². The monoisotopic (exact) mass is 333 g/mol. The van der Waals surface area contributed by atoms with E-state index in [0.29, 0.717) is 18.6 Å². The van der Waals surface area contributed by atoms with E-state index in [0.717, 1.165) is 50.3 Å². The van der Waals surface area contributed by atoms with Gasteiger partial charge in [0.15, 0.2) is 0 Å². The number of rotatable bonds is 8. The van der Waals surface area contributed by atoms with Crippen LogP contribution in [0, 0.1) is 5.92 Å². The molecule has 1 heterocycles. The molecule has 0 bridgehead atoms. The first-order chi connectivity index (χ1) is 11.7. The average molecular weight is 333 g/mol. The van der Waals surface area contributed by atoms with Crippen LogP contribution in [-0.4, -0.2) is 49.8 Å². The minimum atomic E-state index is -0.431. The second-order valence-corrected chi connectivity index (χ2v) is 6.76. The lowest BCUT2D eigenvalue weighted by molar-refractivity contribution is -0.144. The summed E-state index contributed by atoms with van der Waals surface area (Å²) in [6.07, 6.45) is 2.85. The first-order valence-corrected chi connectivity index (χ1v) is 8.80. The normalized spacial score (nSPS) is 21.5. The van der Waals surface area contributed by atoms with E-state index in [-0.39, 0.29) is 5.91 Å². The summed E-state index contributed by atoms with van der Waals surface area (Å²) in [7, 11) is 1.65. The molecule has 0 aromatic heterocycles. The van der Waals surface area contributed by atoms with E-state index < -0.39 is 6.10 Å². The largest absolute Gasteiger partial charge is 0.497 e. The molecule has 1 amide bonds. The predicted octanol–water partition coefficient (Wildman–Crippen LogP) is 2.63. The van der Waals surface area contributed by atoms with Crippen molar-refractivity contribution in [3.8, 4) is 5.75 Å². The summed E-state index contributed by atoms with van der Waals surface area (Å²) >= 11 is 0. The molecule has 24 heavy (non-hydrogen) atoms. The van der Waals surface area contributed by atoms with Crippen molar-refractivity contribution in [1.82, 2.24) is 4.90 Å². The minimum absolute atomic E-state index is 0.104. The van der Waals surface area contributed by atoms with Gasteiger partial charge in [0.2, 0.25) is 0 Å². The highest BCUT2D eigenvalue weighted by Crippen LogP contribution is 2.30. The SMILES string of the molecule is COc1cccc(COC(C)C(=O)N(CC2CCOC2)C2CC2)c1. The van der Waals surface area contributed by atoms with Gasteiger partial charge in [0.25, 0.3) is 5.91 Å². The van der Waals surface area contributed by atoms with Crippen LogP contribution in [0.15, 0.2) is 24.3 Å². The number of benzene rings is 1. The molecule has 5 heteroatoms. The fourth-order valence-corrected chi connectivity index (χ4v) is 3.10. The zero-order chi connectivity index (χ0) is 16.9. The summed E-state index contributed by atoms with van der Waals surface area (Å²) < 4.78 is 16.5. The van der Waals surface area contributed by atoms with Gasteiger partial charge in [0.05, 0.1) is 20.3 Å². The number of carbonyl (C=O) groups is 1. The van der Waals surface area contributed by atoms with Crippen LogP contribution in [0.5, 0.6) is 5.75 Å². The maximum atomic E-state index is 12.8. The molecule has 132 valence electrons. The predicted molar refractivity (Wildman–Crippen MR) is 90.9 cm³/mol. The Kier molecular flexibility index (Phi) is 5.74. The average Bonchev–Trinajstić information content (AvgIpc) is 3.33. The molecular weight excluding hydrogens is 306 g/mol. The van der Waals surface area contributed by atoms with Crippen LogP contribution in [0.2, 0.25) is 0 Å². The standard InChI is InChI=1S/C19H27NO4/c1-14(24-13-15-4-3-5-18(10-15)22-2)19(21)20(17-6-7-17)11-16-8-9-23-12-16/h3-5,10,14,16-17H,6-9,11-13H2,1-2H3. The molecule has 1 saturated heterocycles. The van der Waals surface area contributed by atoms with Crippen LogP contribution in [0.1, 0.15) is 31.7 Å². The summed E-state index contributed by atoms with van der Waals surface area (Å²) in [6.45, 7) is 4.66. The first kappa shape index (κ1) is 17.2. The Bertz CT molecular complexity index is 552. The van der Waals surface area contributed by atoms with Crippen molar-refractivity contribution in [3.63, 3.8) is 0 Å². The maximum Gasteiger partial charge on any atom is 0.251 e. The number of carbonyl (C=O) groups excluding carboxylic acids is 1. The van der Waals surface area contributed by atoms with Gasteiger partial charge in [-0.2, -0.15) is 0 Å². The Morgan fingerprint density at radius 1 is 1.38 bits per heavy atom. The van der Waals surface area contributed by atoms with Gasteiger partial charge in [-0.3, -0.25) is 4.79 Å². The Labute approximate surface area is 143 Å². The summed E-state index contributed by atoms with van der Waals surface area (Å²) in [5, 5.41) is 0. The lowest BCUT2D eigenvalue weighted by Gasteiger charge is -2.28. The van der Waals surface area contributed by atoms with Crippen molar-refractivity contribution in [2.24, 2.45) is 5.92 Å². The third-order valence-electron chi connectivity index (χ3n) is 4.73. The summed E-state index contributed by atoms with van der Waals surface area (Å²) in [6, 6.07) is 8.15. The van der Waals surface area contributed by atoms with E-state index in [2.05, 4.69) is 0 Å². The Morgan fingerprint density at radius 3 is 2.88 bits per heavy atom. The molecule has 2 aliphatic rings. The molecule has 1 saturated carbocycles. The molecule has 0 radical (unpaired) electrons. The number of methoxy groups -OCH3 is 1. The molecule has 3 rings (SSSR count). The lowest BCUT2D eigenvalue weighted by atomic mass is 10.1. The van der Waals surface area contributed by atoms with Crippen molar-refractivity contribution in [2.75, 3.05) is 26.9 Å². The fourth-order valence-electron chi connectivity index (χ4n) is 3.10. The number of hydrogen-bond acceptors (Lipinski definition) is 4. The topological polar surface area (TPSA) is 48.0 Å². The van der Waals surface area contributed by atoms with E-state index in [9.17, 15) is 4.79 Å². The summed E-state index contributed by atoms with van der Waals surface area (Å²) in [5.74, 6) is 1.38. The van der Waals surface area contributed by atoms with Crippen molar-refractivity contribution in [1.29, 1.82) is 0 Å². The molecule has 2 fully saturated rings. The lowest BCUT2D eigenvalue weighted by Crippen LogP contribution is -2.43. The number of nitrogens with zero attached hydrogens (tertiary/aromatic N) is 1. The Morgan fingerprint density at radius 2 is 2.21 bits per heavy atom. The molecule has 1 aliphatic carbocycles. The fraction of sp³-hybridized carbons (Fsp3) is 0.632. The quantitative estimate of drug-likeness (QED) is 0.734.